The third-order valence-electron chi connectivity index (χ3n) is 19.8. The first-order valence-electron chi connectivity index (χ1n) is 27.8. The molecule has 418 valence electrons. The van der Waals surface area contributed by atoms with Gasteiger partial charge >= 0.3 is 0 Å². The largest absolute Gasteiger partial charge is 0.390 e. The van der Waals surface area contributed by atoms with E-state index in [4.69, 9.17) is 71.1 Å². The molecule has 0 amide bonds. The van der Waals surface area contributed by atoms with Gasteiger partial charge in [-0.25, -0.2) is 0 Å². The molecule has 29 atom stereocenters. The number of methoxy groups -OCH3 is 3. The first-order valence-corrected chi connectivity index (χ1v) is 27.8. The van der Waals surface area contributed by atoms with Crippen LogP contribution in [-0.2, 0) is 75.8 Å². The Bertz CT molecular complexity index is 1860. The maximum absolute atomic E-state index is 13.4. The Kier molecular flexibility index (Phi) is 16.6. The van der Waals surface area contributed by atoms with E-state index in [1.54, 1.807) is 28.3 Å². The summed E-state index contributed by atoms with van der Waals surface area (Å²) in [5.41, 5.74) is -0.471. The van der Waals surface area contributed by atoms with Crippen LogP contribution in [0.4, 0.5) is 0 Å². The van der Waals surface area contributed by atoms with Gasteiger partial charge in [-0.1, -0.05) is 6.92 Å². The van der Waals surface area contributed by atoms with Crippen LogP contribution in [0.25, 0.3) is 0 Å². The summed E-state index contributed by atoms with van der Waals surface area (Å²) in [5.74, 6) is 0.577. The summed E-state index contributed by atoms with van der Waals surface area (Å²) >= 11 is 0. The number of ketones is 1. The van der Waals surface area contributed by atoms with E-state index in [-0.39, 0.29) is 48.4 Å². The van der Waals surface area contributed by atoms with Crippen LogP contribution < -0.4 is 0 Å². The molecule has 0 aromatic heterocycles. The predicted octanol–water partition coefficient (Wildman–Crippen LogP) is 4.82. The van der Waals surface area contributed by atoms with Crippen LogP contribution in [0.15, 0.2) is 0 Å². The van der Waals surface area contributed by atoms with Gasteiger partial charge in [-0.3, -0.25) is 4.79 Å². The molecule has 0 radical (unpaired) electrons. The Hall–Kier alpha value is -1.05. The normalized spacial score (nSPS) is 55.3. The maximum Gasteiger partial charge on any atom is 0.172 e. The molecule has 19 heteroatoms. The smallest absolute Gasteiger partial charge is 0.172 e. The number of carbonyl (C=O) groups excluding carboxylic acids is 1. The van der Waals surface area contributed by atoms with Crippen LogP contribution in [0.1, 0.15) is 139 Å². The summed E-state index contributed by atoms with van der Waals surface area (Å²) in [6.07, 6.45) is -3.66. The molecule has 3 aliphatic carbocycles. The monoisotopic (exact) mass is 1040 g/mol. The van der Waals surface area contributed by atoms with Crippen molar-refractivity contribution in [1.29, 1.82) is 0 Å². The first-order chi connectivity index (χ1) is 34.8. The summed E-state index contributed by atoms with van der Waals surface area (Å²) in [6.45, 7) is 16.0. The quantitative estimate of drug-likeness (QED) is 0.211. The Morgan fingerprint density at radius 1 is 0.507 bits per heavy atom. The predicted molar refractivity (Wildman–Crippen MR) is 256 cm³/mol. The Morgan fingerprint density at radius 2 is 0.986 bits per heavy atom. The van der Waals surface area contributed by atoms with Crippen molar-refractivity contribution in [1.82, 2.24) is 0 Å². The fraction of sp³-hybridized carbons (Fsp3) is 0.981. The van der Waals surface area contributed by atoms with Crippen molar-refractivity contribution in [2.24, 2.45) is 28.6 Å². The van der Waals surface area contributed by atoms with Crippen LogP contribution in [0, 0.1) is 28.6 Å². The molecule has 10 fully saturated rings. The lowest BCUT2D eigenvalue weighted by Crippen LogP contribution is -2.58. The third-order valence-corrected chi connectivity index (χ3v) is 19.8. The van der Waals surface area contributed by atoms with Crippen LogP contribution in [-0.4, -0.2) is 190 Å². The zero-order chi connectivity index (χ0) is 51.9. The van der Waals surface area contributed by atoms with E-state index in [0.29, 0.717) is 37.4 Å². The van der Waals surface area contributed by atoms with Crippen molar-refractivity contribution in [3.63, 3.8) is 0 Å². The van der Waals surface area contributed by atoms with Gasteiger partial charge in [0.2, 0.25) is 0 Å². The van der Waals surface area contributed by atoms with Crippen molar-refractivity contribution in [2.75, 3.05) is 21.3 Å². The van der Waals surface area contributed by atoms with E-state index < -0.39 is 134 Å². The van der Waals surface area contributed by atoms with Crippen LogP contribution in [0.2, 0.25) is 0 Å². The molecule has 3 saturated carbocycles. The fourth-order valence-corrected chi connectivity index (χ4v) is 15.6. The molecular weight excluding hydrogens is 953 g/mol. The SMILES string of the molecule is CO[C@H]1C[C@H](O[C@H]2[C@@H](O)C[C@H](O[C@H]3CC[C@@]4(C)[C@@H](CC[C@@]56O[C@@H](C)[C@@H]7CCC(=O)[C@]7(C)[C@@H](C[C@@H]54)O6)C3)O[C@@H]2C)O[C@H](C)[C@H]1O[C@H]1C[C@@H](OC)[C@H](O[C@H]2C[C@H](O)[C@H](O[C@H]3C[C@@H](OC)[C@H](O)[C@@H](C)O3)[C@@H](C)O2)[C@@H](C)O1. The van der Waals surface area contributed by atoms with Crippen molar-refractivity contribution >= 4 is 5.78 Å². The molecule has 3 N–H and O–H groups in total. The van der Waals surface area contributed by atoms with Gasteiger partial charge in [0.25, 0.3) is 0 Å². The van der Waals surface area contributed by atoms with E-state index in [9.17, 15) is 20.1 Å². The van der Waals surface area contributed by atoms with Crippen LogP contribution in [0.5, 0.6) is 0 Å². The van der Waals surface area contributed by atoms with Crippen molar-refractivity contribution in [3.05, 3.63) is 0 Å². The molecule has 7 aliphatic heterocycles. The minimum Gasteiger partial charge on any atom is -0.390 e. The van der Waals surface area contributed by atoms with Gasteiger partial charge in [0.05, 0.1) is 84.8 Å². The Morgan fingerprint density at radius 3 is 1.52 bits per heavy atom. The molecule has 1 spiro atoms. The highest BCUT2D eigenvalue weighted by atomic mass is 16.8. The van der Waals surface area contributed by atoms with Gasteiger partial charge in [-0.2, -0.15) is 0 Å². The topological polar surface area (TPSA) is 216 Å². The molecule has 10 rings (SSSR count). The molecule has 73 heavy (non-hydrogen) atoms. The van der Waals surface area contributed by atoms with Crippen molar-refractivity contribution in [2.45, 2.75) is 286 Å². The number of Topliss-reactive ketones (excluding diaryl/α,β-unsaturated/α-hetero) is 1. The van der Waals surface area contributed by atoms with Gasteiger partial charge in [-0.05, 0) is 98.3 Å². The van der Waals surface area contributed by atoms with Crippen molar-refractivity contribution in [3.8, 4) is 0 Å². The molecular formula is C54H88O19. The third kappa shape index (κ3) is 10.4. The van der Waals surface area contributed by atoms with Gasteiger partial charge in [0.15, 0.2) is 37.2 Å². The lowest BCUT2D eigenvalue weighted by molar-refractivity contribution is -0.351. The van der Waals surface area contributed by atoms with E-state index in [2.05, 4.69) is 20.8 Å². The summed E-state index contributed by atoms with van der Waals surface area (Å²) in [7, 11) is 4.80. The number of hydrogen-bond acceptors (Lipinski definition) is 19. The second-order valence-electron chi connectivity index (χ2n) is 24.0. The highest BCUT2D eigenvalue weighted by molar-refractivity contribution is 5.88. The summed E-state index contributed by atoms with van der Waals surface area (Å²) < 4.78 is 95.2. The number of fused-ring (bicyclic) bond motifs is 5. The first kappa shape index (κ1) is 55.3. The number of carbonyl (C=O) groups is 1. The van der Waals surface area contributed by atoms with E-state index in [0.717, 1.165) is 44.9 Å². The molecule has 0 aromatic rings. The summed E-state index contributed by atoms with van der Waals surface area (Å²) in [5, 5.41) is 33.2. The molecule has 7 heterocycles. The minimum absolute atomic E-state index is 0.000217. The van der Waals surface area contributed by atoms with E-state index in [1.165, 1.54) is 0 Å². The standard InChI is InChI=1S/C54H88O19/c1-25-33-12-13-40(57)53(33,8)41-24-39-52(7)16-15-32(18-31(52)14-17-54(39,72-25)73-41)67-42-19-34(55)48(27(3)63-42)69-45-22-37(60-10)51(30(6)65-45)71-46-23-38(61-11)50(29(5)66-46)70-43-20-35(56)49(28(4)64-43)68-44-21-36(59-9)47(58)26(2)62-44/h25-39,41-51,55-56,58H,12-24H2,1-11H3/t25-,26+,27+,28+,29+,30+,31-,32-,33-,34-,35-,36+,37-,38+,39+,41+,42-,43-,44-,45-,46-,47+,48+,49+,50+,51+,52-,53+,54-/m0/s1. The lowest BCUT2D eigenvalue weighted by atomic mass is 9.52. The Labute approximate surface area is 431 Å². The number of ether oxygens (including phenoxy) is 15. The van der Waals surface area contributed by atoms with Crippen LogP contribution in [0.3, 0.4) is 0 Å². The van der Waals surface area contributed by atoms with Gasteiger partial charge < -0.3 is 86.4 Å². The molecule has 19 nitrogen and oxygen atoms in total. The molecule has 10 aliphatic rings. The molecule has 0 aromatic carbocycles. The lowest BCUT2D eigenvalue weighted by Gasteiger charge is -2.57. The molecule has 7 saturated heterocycles. The van der Waals surface area contributed by atoms with Crippen LogP contribution >= 0.6 is 0 Å². The van der Waals surface area contributed by atoms with Gasteiger partial charge in [0, 0.05) is 78.1 Å². The number of aliphatic hydroxyl groups is 3. The highest BCUT2D eigenvalue weighted by Gasteiger charge is 2.70. The van der Waals surface area contributed by atoms with Gasteiger partial charge in [0.1, 0.15) is 36.3 Å². The van der Waals surface area contributed by atoms with Gasteiger partial charge in [-0.15, -0.1) is 0 Å². The second-order valence-corrected chi connectivity index (χ2v) is 24.0. The zero-order valence-corrected chi connectivity index (χ0v) is 45.1. The van der Waals surface area contributed by atoms with E-state index >= 15 is 0 Å². The fourth-order valence-electron chi connectivity index (χ4n) is 15.6. The number of aliphatic hydroxyl groups excluding tert-OH is 3. The number of rotatable bonds is 13. The maximum atomic E-state index is 13.4. The average molecular weight is 1040 g/mol. The average Bonchev–Trinajstić information content (AvgIpc) is 3.86. The summed E-state index contributed by atoms with van der Waals surface area (Å²) in [4.78, 5) is 13.4. The highest BCUT2D eigenvalue weighted by Crippen LogP contribution is 2.67. The molecule has 2 bridgehead atoms. The Balaban J connectivity index is 0.677. The van der Waals surface area contributed by atoms with Crippen molar-refractivity contribution < 1.29 is 91.2 Å². The zero-order valence-electron chi connectivity index (χ0n) is 45.1. The minimum atomic E-state index is -0.907. The summed E-state index contributed by atoms with van der Waals surface area (Å²) in [6, 6.07) is 0. The number of hydrogen-bond donors (Lipinski definition) is 3. The second kappa shape index (κ2) is 21.9. The van der Waals surface area contributed by atoms with E-state index in [1.807, 2.05) is 27.7 Å². The molecule has 0 unspecified atom stereocenters.